The van der Waals surface area contributed by atoms with Crippen LogP contribution < -0.4 is 14.7 Å². The minimum Gasteiger partial charge on any atom is -0.268 e. The van der Waals surface area contributed by atoms with Crippen molar-refractivity contribution in [2.75, 3.05) is 14.7 Å². The number of halogens is 7. The van der Waals surface area contributed by atoms with Crippen LogP contribution in [-0.2, 0) is 4.32 Å². The van der Waals surface area contributed by atoms with Gasteiger partial charge in [0.1, 0.15) is 4.32 Å². The van der Waals surface area contributed by atoms with E-state index in [4.69, 9.17) is 69.6 Å². The summed E-state index contributed by atoms with van der Waals surface area (Å²) in [5.41, 5.74) is -2.09. The quantitative estimate of drug-likeness (QED) is 0.0933. The molecule has 9 nitrogen and oxygen atoms in total. The molecule has 59 heavy (non-hydrogen) atoms. The first-order valence-corrected chi connectivity index (χ1v) is 20.3. The van der Waals surface area contributed by atoms with Crippen molar-refractivity contribution in [1.82, 2.24) is 0 Å². The third-order valence-electron chi connectivity index (χ3n) is 10.3. The van der Waals surface area contributed by atoms with Crippen LogP contribution in [0.1, 0.15) is 78.8 Å². The van der Waals surface area contributed by atoms with Crippen molar-refractivity contribution in [3.63, 3.8) is 0 Å². The summed E-state index contributed by atoms with van der Waals surface area (Å²) in [5, 5.41) is -1.81. The van der Waals surface area contributed by atoms with Gasteiger partial charge in [0.2, 0.25) is 0 Å². The molecule has 6 amide bonds. The minimum atomic E-state index is -2.45. The molecule has 3 heterocycles. The second-order valence-corrected chi connectivity index (χ2v) is 17.0. The second kappa shape index (κ2) is 14.3. The Kier molecular flexibility index (Phi) is 9.56. The highest BCUT2D eigenvalue weighted by Crippen LogP contribution is 2.60. The molecule has 290 valence electrons. The summed E-state index contributed by atoms with van der Waals surface area (Å²) in [7, 11) is 0. The predicted octanol–water partition coefficient (Wildman–Crippen LogP) is 11.7. The number of benzene rings is 6. The van der Waals surface area contributed by atoms with Crippen LogP contribution in [0, 0.1) is 0 Å². The lowest BCUT2D eigenvalue weighted by Gasteiger charge is -2.36. The Hall–Kier alpha value is -5.04. The zero-order valence-corrected chi connectivity index (χ0v) is 35.5. The highest BCUT2D eigenvalue weighted by Gasteiger charge is 2.55. The van der Waals surface area contributed by atoms with Crippen molar-refractivity contribution >= 4 is 138 Å². The molecule has 0 fully saturated rings. The Morgan fingerprint density at radius 1 is 0.373 bits per heavy atom. The van der Waals surface area contributed by atoms with Gasteiger partial charge in [-0.05, 0) is 54.6 Å². The van der Waals surface area contributed by atoms with Crippen molar-refractivity contribution in [1.29, 1.82) is 0 Å². The van der Waals surface area contributed by atoms with Crippen molar-refractivity contribution in [2.45, 2.75) is 4.32 Å². The number of para-hydroxylation sites is 3. The van der Waals surface area contributed by atoms with Crippen molar-refractivity contribution in [2.24, 2.45) is 0 Å². The fraction of sp³-hybridized carbons (Fsp3) is 0.0233. The third kappa shape index (κ3) is 5.58. The molecule has 0 bridgehead atoms. The molecule has 3 aliphatic heterocycles. The number of hydrogen-bond acceptors (Lipinski definition) is 6. The van der Waals surface area contributed by atoms with Crippen LogP contribution in [-0.4, -0.2) is 35.4 Å². The maximum atomic E-state index is 14.9. The minimum absolute atomic E-state index is 0.194. The molecule has 0 aliphatic carbocycles. The van der Waals surface area contributed by atoms with E-state index in [9.17, 15) is 28.8 Å². The van der Waals surface area contributed by atoms with Crippen LogP contribution in [0.2, 0.25) is 30.1 Å². The lowest BCUT2D eigenvalue weighted by molar-refractivity contribution is 0.0910. The fourth-order valence-electron chi connectivity index (χ4n) is 7.80. The predicted molar refractivity (Wildman–Crippen MR) is 231 cm³/mol. The van der Waals surface area contributed by atoms with Crippen LogP contribution in [0.5, 0.6) is 0 Å². The number of alkyl halides is 1. The molecule has 0 N–H and O–H groups in total. The zero-order valence-electron chi connectivity index (χ0n) is 29.3. The van der Waals surface area contributed by atoms with Crippen molar-refractivity contribution in [3.8, 4) is 0 Å². The van der Waals surface area contributed by atoms with E-state index in [-0.39, 0.29) is 97.3 Å². The van der Waals surface area contributed by atoms with E-state index in [0.29, 0.717) is 0 Å². The molecule has 6 aromatic rings. The average Bonchev–Trinajstić information content (AvgIpc) is 3.73. The topological polar surface area (TPSA) is 112 Å². The summed E-state index contributed by atoms with van der Waals surface area (Å²) in [5.74, 6) is -5.05. The molecule has 0 spiro atoms. The van der Waals surface area contributed by atoms with Crippen molar-refractivity contribution < 1.29 is 28.8 Å². The number of anilines is 3. The second-order valence-electron chi connectivity index (χ2n) is 13.4. The van der Waals surface area contributed by atoms with Crippen LogP contribution in [0.4, 0.5) is 17.1 Å². The van der Waals surface area contributed by atoms with E-state index in [1.165, 1.54) is 54.6 Å². The lowest BCUT2D eigenvalue weighted by atomic mass is 9.76. The first kappa shape index (κ1) is 39.4. The molecule has 9 rings (SSSR count). The van der Waals surface area contributed by atoms with E-state index in [2.05, 4.69) is 15.9 Å². The molecule has 16 heteroatoms. The van der Waals surface area contributed by atoms with Crippen molar-refractivity contribution in [3.05, 3.63) is 189 Å². The Morgan fingerprint density at radius 3 is 0.847 bits per heavy atom. The molecule has 0 aromatic heterocycles. The SMILES string of the molecule is O=C1c2cc(Cl)c(Cl)c(C(Br)(c3c(Cl)c(Cl)cc4c3C(=O)N(c3ccccc3)C4=O)c3c(Cl)c(Cl)cc4c3C(=O)N(c3ccccc3)C4=O)c2C(=O)N1c1ccccc1. The number of nitrogens with zero attached hydrogens (tertiary/aromatic N) is 3. The van der Waals surface area contributed by atoms with Gasteiger partial charge in [-0.3, -0.25) is 28.8 Å². The summed E-state index contributed by atoms with van der Waals surface area (Å²) < 4.78 is -2.45. The van der Waals surface area contributed by atoms with E-state index < -0.39 is 39.8 Å². The van der Waals surface area contributed by atoms with Crippen LogP contribution in [0.15, 0.2) is 109 Å². The number of imide groups is 3. The zero-order chi connectivity index (χ0) is 41.8. The van der Waals surface area contributed by atoms with Crippen LogP contribution in [0.3, 0.4) is 0 Å². The number of hydrogen-bond donors (Lipinski definition) is 0. The van der Waals surface area contributed by atoms with Gasteiger partial charge in [0, 0.05) is 16.7 Å². The summed E-state index contributed by atoms with van der Waals surface area (Å²) in [4.78, 5) is 90.3. The summed E-state index contributed by atoms with van der Waals surface area (Å²) >= 11 is 46.0. The summed E-state index contributed by atoms with van der Waals surface area (Å²) in [6.45, 7) is 0. The lowest BCUT2D eigenvalue weighted by Crippen LogP contribution is -2.34. The highest BCUT2D eigenvalue weighted by atomic mass is 79.9. The van der Waals surface area contributed by atoms with Crippen LogP contribution >= 0.6 is 85.5 Å². The maximum absolute atomic E-state index is 14.9. The number of fused-ring (bicyclic) bond motifs is 3. The molecule has 0 radical (unpaired) electrons. The van der Waals surface area contributed by atoms with E-state index >= 15 is 0 Å². The van der Waals surface area contributed by atoms with E-state index in [1.807, 2.05) is 0 Å². The smallest absolute Gasteiger partial charge is 0.266 e. The van der Waals surface area contributed by atoms with Gasteiger partial charge in [0.15, 0.2) is 0 Å². The monoisotopic (exact) mass is 961 g/mol. The molecular formula is C43H18BrCl6N3O6. The van der Waals surface area contributed by atoms with E-state index in [0.717, 1.165) is 14.7 Å². The van der Waals surface area contributed by atoms with Crippen LogP contribution in [0.25, 0.3) is 0 Å². The number of carbonyl (C=O) groups is 6. The highest BCUT2D eigenvalue weighted by molar-refractivity contribution is 9.10. The van der Waals surface area contributed by atoms with Gasteiger partial charge in [-0.25, -0.2) is 14.7 Å². The molecular weight excluding hydrogens is 947 g/mol. The molecule has 0 saturated heterocycles. The average molecular weight is 965 g/mol. The first-order chi connectivity index (χ1) is 28.2. The Labute approximate surface area is 372 Å². The largest absolute Gasteiger partial charge is 0.268 e. The van der Waals surface area contributed by atoms with Gasteiger partial charge in [-0.1, -0.05) is 140 Å². The van der Waals surface area contributed by atoms with Gasteiger partial charge in [-0.15, -0.1) is 0 Å². The van der Waals surface area contributed by atoms with Gasteiger partial charge in [0.25, 0.3) is 35.4 Å². The normalized spacial score (nSPS) is 14.8. The Bertz CT molecular complexity index is 2640. The van der Waals surface area contributed by atoms with Gasteiger partial charge < -0.3 is 0 Å². The van der Waals surface area contributed by atoms with Gasteiger partial charge >= 0.3 is 0 Å². The van der Waals surface area contributed by atoms with Gasteiger partial charge in [0.05, 0.1) is 80.6 Å². The third-order valence-corrected chi connectivity index (χ3v) is 13.8. The Balaban J connectivity index is 1.45. The number of rotatable bonds is 6. The summed E-state index contributed by atoms with van der Waals surface area (Å²) in [6.07, 6.45) is 0. The maximum Gasteiger partial charge on any atom is 0.266 e. The van der Waals surface area contributed by atoms with Gasteiger partial charge in [-0.2, -0.15) is 0 Å². The number of carbonyl (C=O) groups excluding carboxylic acids is 6. The molecule has 6 aromatic carbocycles. The standard InChI is InChI=1S/C43H18BrCl6N3O6/c44-43(31-28-22(16-25(45)34(31)48)37(54)51(40(28)57)19-10-4-1-5-11-19,32-29-23(17-26(46)35(32)49)38(55)52(41(29)58)20-12-6-2-7-13-20)33-30-24(18-27(47)36(33)50)39(56)53(42(30)59)21-14-8-3-9-15-21/h1-18H. The molecule has 0 unspecified atom stereocenters. The van der Waals surface area contributed by atoms with E-state index in [1.54, 1.807) is 54.6 Å². The molecule has 3 aliphatic rings. The fourth-order valence-corrected chi connectivity index (χ4v) is 10.8. The molecule has 0 saturated carbocycles. The molecule has 0 atom stereocenters. The first-order valence-electron chi connectivity index (χ1n) is 17.3. The Morgan fingerprint density at radius 2 is 0.610 bits per heavy atom. The summed E-state index contributed by atoms with van der Waals surface area (Å²) in [6, 6.07) is 27.7. The number of amides is 6.